The summed E-state index contributed by atoms with van der Waals surface area (Å²) in [5, 5.41) is 3.09. The van der Waals surface area contributed by atoms with Gasteiger partial charge in [0.25, 0.3) is 0 Å². The summed E-state index contributed by atoms with van der Waals surface area (Å²) in [6.45, 7) is 0. The van der Waals surface area contributed by atoms with Gasteiger partial charge in [0.1, 0.15) is 0 Å². The third kappa shape index (κ3) is 4.80. The monoisotopic (exact) mass is 386 g/mol. The van der Waals surface area contributed by atoms with Crippen LogP contribution in [0.2, 0.25) is 0 Å². The molecule has 4 nitrogen and oxygen atoms in total. The second kappa shape index (κ2) is 8.91. The molecular formula is C19H25ClF2N2O2. The van der Waals surface area contributed by atoms with Crippen molar-refractivity contribution in [2.45, 2.75) is 57.0 Å². The standard InChI is InChI=1S/C19H24F2N2O2.ClH/c20-15-5-4-11(10-16(15)21)17(24)6-7-18(25)23-19-12-2-1-3-13(19)9-14(22)8-12;/h4-5,10,12-14,19H,1-3,6-9,22H2,(H,23,25);1H. The quantitative estimate of drug-likeness (QED) is 0.762. The number of nitrogens with one attached hydrogen (secondary N) is 1. The van der Waals surface area contributed by atoms with Gasteiger partial charge in [0, 0.05) is 30.5 Å². The van der Waals surface area contributed by atoms with Gasteiger partial charge in [-0.2, -0.15) is 0 Å². The van der Waals surface area contributed by atoms with Crippen LogP contribution in [0, 0.1) is 23.5 Å². The van der Waals surface area contributed by atoms with Gasteiger partial charge in [0.15, 0.2) is 17.4 Å². The highest BCUT2D eigenvalue weighted by molar-refractivity contribution is 5.97. The van der Waals surface area contributed by atoms with Crippen molar-refractivity contribution >= 4 is 24.1 Å². The molecule has 0 saturated heterocycles. The minimum Gasteiger partial charge on any atom is -0.353 e. The van der Waals surface area contributed by atoms with E-state index in [1.807, 2.05) is 0 Å². The van der Waals surface area contributed by atoms with Gasteiger partial charge in [0.2, 0.25) is 5.91 Å². The molecule has 2 saturated carbocycles. The smallest absolute Gasteiger partial charge is 0.220 e. The first-order chi connectivity index (χ1) is 11.9. The molecule has 0 spiro atoms. The second-order valence-corrected chi connectivity index (χ2v) is 7.33. The summed E-state index contributed by atoms with van der Waals surface area (Å²) < 4.78 is 26.1. The van der Waals surface area contributed by atoms with E-state index >= 15 is 0 Å². The van der Waals surface area contributed by atoms with E-state index < -0.39 is 11.6 Å². The van der Waals surface area contributed by atoms with E-state index in [1.165, 1.54) is 12.5 Å². The van der Waals surface area contributed by atoms with Gasteiger partial charge in [0.05, 0.1) is 0 Å². The van der Waals surface area contributed by atoms with Gasteiger partial charge in [-0.3, -0.25) is 9.59 Å². The summed E-state index contributed by atoms with van der Waals surface area (Å²) in [4.78, 5) is 24.3. The van der Waals surface area contributed by atoms with Crippen LogP contribution in [0.15, 0.2) is 18.2 Å². The fraction of sp³-hybridized carbons (Fsp3) is 0.579. The highest BCUT2D eigenvalue weighted by Gasteiger charge is 2.39. The van der Waals surface area contributed by atoms with Crippen LogP contribution in [-0.2, 0) is 4.79 Å². The van der Waals surface area contributed by atoms with Gasteiger partial charge in [-0.25, -0.2) is 8.78 Å². The molecule has 1 aromatic rings. The third-order valence-corrected chi connectivity index (χ3v) is 5.52. The Morgan fingerprint density at radius 2 is 1.73 bits per heavy atom. The average molecular weight is 387 g/mol. The lowest BCUT2D eigenvalue weighted by molar-refractivity contribution is -0.123. The van der Waals surface area contributed by atoms with Crippen molar-refractivity contribution in [2.24, 2.45) is 17.6 Å². The van der Waals surface area contributed by atoms with E-state index in [2.05, 4.69) is 5.32 Å². The molecule has 0 heterocycles. The first-order valence-electron chi connectivity index (χ1n) is 8.97. The Labute approximate surface area is 158 Å². The predicted octanol–water partition coefficient (Wildman–Crippen LogP) is 3.37. The Morgan fingerprint density at radius 1 is 1.08 bits per heavy atom. The number of carbonyl (C=O) groups is 2. The van der Waals surface area contributed by atoms with Crippen molar-refractivity contribution in [3.8, 4) is 0 Å². The number of hydrogen-bond acceptors (Lipinski definition) is 3. The van der Waals surface area contributed by atoms with Crippen molar-refractivity contribution in [3.63, 3.8) is 0 Å². The Kier molecular flexibility index (Phi) is 7.12. The van der Waals surface area contributed by atoms with Crippen molar-refractivity contribution in [3.05, 3.63) is 35.4 Å². The molecule has 144 valence electrons. The molecule has 2 aliphatic rings. The van der Waals surface area contributed by atoms with Crippen molar-refractivity contribution in [1.29, 1.82) is 0 Å². The summed E-state index contributed by atoms with van der Waals surface area (Å²) in [5.74, 6) is -1.71. The zero-order valence-electron chi connectivity index (χ0n) is 14.5. The first-order valence-corrected chi connectivity index (χ1v) is 8.97. The zero-order chi connectivity index (χ0) is 18.0. The van der Waals surface area contributed by atoms with Crippen molar-refractivity contribution in [2.75, 3.05) is 0 Å². The van der Waals surface area contributed by atoms with Gasteiger partial charge in [-0.05, 0) is 55.7 Å². The van der Waals surface area contributed by atoms with Gasteiger partial charge in [-0.1, -0.05) is 6.42 Å². The summed E-state index contributed by atoms with van der Waals surface area (Å²) >= 11 is 0. The van der Waals surface area contributed by atoms with Crippen LogP contribution in [0.3, 0.4) is 0 Å². The topological polar surface area (TPSA) is 72.2 Å². The van der Waals surface area contributed by atoms with E-state index in [0.29, 0.717) is 11.8 Å². The van der Waals surface area contributed by atoms with Crippen LogP contribution in [-0.4, -0.2) is 23.8 Å². The molecule has 1 aromatic carbocycles. The fourth-order valence-electron chi connectivity index (χ4n) is 4.32. The maximum Gasteiger partial charge on any atom is 0.220 e. The molecule has 3 rings (SSSR count). The number of ketones is 1. The lowest BCUT2D eigenvalue weighted by atomic mass is 9.67. The van der Waals surface area contributed by atoms with E-state index in [9.17, 15) is 18.4 Å². The average Bonchev–Trinajstić information content (AvgIpc) is 2.56. The van der Waals surface area contributed by atoms with Gasteiger partial charge < -0.3 is 11.1 Å². The van der Waals surface area contributed by atoms with E-state index in [0.717, 1.165) is 37.8 Å². The Hall–Kier alpha value is -1.53. The summed E-state index contributed by atoms with van der Waals surface area (Å²) in [6, 6.07) is 3.42. The number of nitrogens with two attached hydrogens (primary N) is 1. The number of rotatable bonds is 5. The molecule has 2 atom stereocenters. The van der Waals surface area contributed by atoms with E-state index in [4.69, 9.17) is 5.73 Å². The zero-order valence-corrected chi connectivity index (χ0v) is 15.4. The van der Waals surface area contributed by atoms with Gasteiger partial charge >= 0.3 is 0 Å². The molecule has 0 aromatic heterocycles. The summed E-state index contributed by atoms with van der Waals surface area (Å²) in [5.41, 5.74) is 6.18. The minimum absolute atomic E-state index is 0. The van der Waals surface area contributed by atoms with Crippen LogP contribution in [0.1, 0.15) is 55.3 Å². The maximum absolute atomic E-state index is 13.2. The molecule has 7 heteroatoms. The number of Topliss-reactive ketones (excluding diaryl/α,β-unsaturated/α-hetero) is 1. The molecule has 0 aliphatic heterocycles. The highest BCUT2D eigenvalue weighted by atomic mass is 35.5. The number of benzene rings is 1. The van der Waals surface area contributed by atoms with E-state index in [1.54, 1.807) is 0 Å². The number of fused-ring (bicyclic) bond motifs is 2. The lowest BCUT2D eigenvalue weighted by Crippen LogP contribution is -2.53. The molecule has 1 amide bonds. The Balaban J connectivity index is 0.00000243. The van der Waals surface area contributed by atoms with Crippen LogP contribution < -0.4 is 11.1 Å². The number of halogens is 3. The third-order valence-electron chi connectivity index (χ3n) is 5.52. The van der Waals surface area contributed by atoms with Crippen molar-refractivity contribution < 1.29 is 18.4 Å². The highest BCUT2D eigenvalue weighted by Crippen LogP contribution is 2.39. The Bertz CT molecular complexity index is 657. The molecule has 2 fully saturated rings. The molecule has 3 N–H and O–H groups in total. The van der Waals surface area contributed by atoms with Crippen LogP contribution in [0.25, 0.3) is 0 Å². The van der Waals surface area contributed by atoms with Crippen LogP contribution >= 0.6 is 12.4 Å². The normalized spacial score (nSPS) is 27.3. The fourth-order valence-corrected chi connectivity index (χ4v) is 4.32. The summed E-state index contributed by atoms with van der Waals surface area (Å²) in [6.07, 6.45) is 5.28. The maximum atomic E-state index is 13.2. The SMILES string of the molecule is Cl.NC1CC2CCCC(C1)C2NC(=O)CCC(=O)c1ccc(F)c(F)c1. The molecular weight excluding hydrogens is 362 g/mol. The van der Waals surface area contributed by atoms with E-state index in [-0.39, 0.29) is 54.6 Å². The predicted molar refractivity (Wildman–Crippen MR) is 97.1 cm³/mol. The molecule has 2 bridgehead atoms. The minimum atomic E-state index is -1.05. The van der Waals surface area contributed by atoms with Crippen LogP contribution in [0.5, 0.6) is 0 Å². The number of hydrogen-bond donors (Lipinski definition) is 2. The van der Waals surface area contributed by atoms with Crippen molar-refractivity contribution in [1.82, 2.24) is 5.32 Å². The Morgan fingerprint density at radius 3 is 2.35 bits per heavy atom. The lowest BCUT2D eigenvalue weighted by Gasteiger charge is -2.45. The molecule has 2 aliphatic carbocycles. The number of carbonyl (C=O) groups excluding carboxylic acids is 2. The first kappa shape index (κ1) is 20.8. The largest absolute Gasteiger partial charge is 0.353 e. The second-order valence-electron chi connectivity index (χ2n) is 7.33. The molecule has 26 heavy (non-hydrogen) atoms. The summed E-state index contributed by atoms with van der Waals surface area (Å²) in [7, 11) is 0. The number of amides is 1. The van der Waals surface area contributed by atoms with Crippen LogP contribution in [0.4, 0.5) is 8.78 Å². The molecule has 2 unspecified atom stereocenters. The van der Waals surface area contributed by atoms with Gasteiger partial charge in [-0.15, -0.1) is 12.4 Å². The molecule has 0 radical (unpaired) electrons.